The number of thioether (sulfide) groups is 1. The van der Waals surface area contributed by atoms with E-state index in [2.05, 4.69) is 12.2 Å². The Morgan fingerprint density at radius 1 is 1.03 bits per heavy atom. The summed E-state index contributed by atoms with van der Waals surface area (Å²) in [5.41, 5.74) is 4.66. The average molecular weight is 464 g/mol. The van der Waals surface area contributed by atoms with Crippen molar-refractivity contribution in [2.75, 3.05) is 11.1 Å². The molecule has 0 spiro atoms. The van der Waals surface area contributed by atoms with Gasteiger partial charge in [-0.3, -0.25) is 14.2 Å². The smallest absolute Gasteiger partial charge is 0.267 e. The second-order valence-electron chi connectivity index (χ2n) is 7.76. The van der Waals surface area contributed by atoms with Gasteiger partial charge in [-0.1, -0.05) is 54.1 Å². The molecule has 1 N–H and O–H groups in total. The van der Waals surface area contributed by atoms with Crippen LogP contribution in [0.3, 0.4) is 0 Å². The third-order valence-corrected chi connectivity index (χ3v) is 7.58. The minimum absolute atomic E-state index is 0.0891. The molecule has 2 heterocycles. The Morgan fingerprint density at radius 3 is 2.28 bits per heavy atom. The lowest BCUT2D eigenvalue weighted by Crippen LogP contribution is -2.22. The number of fused-ring (bicyclic) bond motifs is 1. The van der Waals surface area contributed by atoms with E-state index < -0.39 is 0 Å². The first-order valence-electron chi connectivity index (χ1n) is 10.5. The number of amides is 1. The van der Waals surface area contributed by atoms with Gasteiger partial charge in [-0.05, 0) is 57.0 Å². The Kier molecular flexibility index (Phi) is 6.48. The Labute approximate surface area is 195 Å². The molecule has 1 amide bonds. The molecule has 0 bridgehead atoms. The van der Waals surface area contributed by atoms with Crippen molar-refractivity contribution < 1.29 is 4.79 Å². The van der Waals surface area contributed by atoms with Crippen LogP contribution in [0.15, 0.2) is 58.5 Å². The second-order valence-corrected chi connectivity index (χ2v) is 9.78. The summed E-state index contributed by atoms with van der Waals surface area (Å²) in [4.78, 5) is 32.9. The largest absolute Gasteiger partial charge is 0.325 e. The number of anilines is 1. The molecule has 164 valence electrons. The van der Waals surface area contributed by atoms with Crippen molar-refractivity contribution in [3.63, 3.8) is 0 Å². The fourth-order valence-corrected chi connectivity index (χ4v) is 5.50. The normalized spacial score (nSPS) is 11.1. The Morgan fingerprint density at radius 2 is 1.66 bits per heavy atom. The number of nitrogens with zero attached hydrogens (tertiary/aromatic N) is 2. The van der Waals surface area contributed by atoms with Crippen LogP contribution in [0.5, 0.6) is 0 Å². The number of thiophene rings is 1. The molecule has 0 unspecified atom stereocenters. The van der Waals surface area contributed by atoms with E-state index in [9.17, 15) is 9.59 Å². The van der Waals surface area contributed by atoms with Crippen molar-refractivity contribution in [2.45, 2.75) is 39.3 Å². The molecule has 0 aliphatic carbocycles. The molecule has 7 heteroatoms. The van der Waals surface area contributed by atoms with Gasteiger partial charge < -0.3 is 5.32 Å². The predicted molar refractivity (Wildman–Crippen MR) is 135 cm³/mol. The highest BCUT2D eigenvalue weighted by atomic mass is 32.2. The topological polar surface area (TPSA) is 64.0 Å². The number of carbonyl (C=O) groups excluding carboxylic acids is 1. The van der Waals surface area contributed by atoms with E-state index in [-0.39, 0.29) is 17.2 Å². The first-order chi connectivity index (χ1) is 15.4. The van der Waals surface area contributed by atoms with Gasteiger partial charge >= 0.3 is 0 Å². The highest BCUT2D eigenvalue weighted by Crippen LogP contribution is 2.30. The van der Waals surface area contributed by atoms with Crippen LogP contribution < -0.4 is 10.9 Å². The number of aromatic nitrogens is 2. The standard InChI is InChI=1S/C25H25N3O2S2/c1-5-20-17(4)22-23(32-20)27-25(28(24(22)30)19-12-8-16(3)9-13-19)31-14-21(29)26-18-10-6-15(2)7-11-18/h6-13H,5,14H2,1-4H3,(H,26,29). The quantitative estimate of drug-likeness (QED) is 0.296. The van der Waals surface area contributed by atoms with Crippen LogP contribution in [0.25, 0.3) is 15.9 Å². The molecular weight excluding hydrogens is 438 g/mol. The molecule has 0 fully saturated rings. The van der Waals surface area contributed by atoms with E-state index >= 15 is 0 Å². The van der Waals surface area contributed by atoms with Crippen molar-refractivity contribution in [2.24, 2.45) is 0 Å². The van der Waals surface area contributed by atoms with Crippen LogP contribution in [0.2, 0.25) is 0 Å². The number of nitrogens with one attached hydrogen (secondary N) is 1. The Bertz CT molecular complexity index is 1340. The van der Waals surface area contributed by atoms with E-state index in [1.165, 1.54) is 16.6 Å². The van der Waals surface area contributed by atoms with Gasteiger partial charge in [0.25, 0.3) is 5.56 Å². The molecular formula is C25H25N3O2S2. The van der Waals surface area contributed by atoms with Crippen molar-refractivity contribution in [1.29, 1.82) is 0 Å². The summed E-state index contributed by atoms with van der Waals surface area (Å²) in [7, 11) is 0. The van der Waals surface area contributed by atoms with Crippen LogP contribution in [0, 0.1) is 20.8 Å². The van der Waals surface area contributed by atoms with Gasteiger partial charge in [0.2, 0.25) is 5.91 Å². The van der Waals surface area contributed by atoms with Crippen LogP contribution in [0.4, 0.5) is 5.69 Å². The molecule has 2 aromatic heterocycles. The molecule has 4 rings (SSSR count). The maximum Gasteiger partial charge on any atom is 0.267 e. The number of aryl methyl sites for hydroxylation is 4. The Hall–Kier alpha value is -2.90. The van der Waals surface area contributed by atoms with Gasteiger partial charge in [-0.15, -0.1) is 11.3 Å². The maximum absolute atomic E-state index is 13.6. The highest BCUT2D eigenvalue weighted by molar-refractivity contribution is 7.99. The van der Waals surface area contributed by atoms with Gasteiger partial charge in [-0.25, -0.2) is 4.98 Å². The zero-order valence-electron chi connectivity index (χ0n) is 18.6. The lowest BCUT2D eigenvalue weighted by atomic mass is 10.2. The molecule has 2 aromatic carbocycles. The van der Waals surface area contributed by atoms with Gasteiger partial charge in [0.05, 0.1) is 16.8 Å². The zero-order valence-corrected chi connectivity index (χ0v) is 20.2. The molecule has 5 nitrogen and oxygen atoms in total. The molecule has 0 aliphatic rings. The van der Waals surface area contributed by atoms with Crippen LogP contribution in [0.1, 0.15) is 28.5 Å². The summed E-state index contributed by atoms with van der Waals surface area (Å²) in [6.07, 6.45) is 0.859. The first kappa shape index (κ1) is 22.3. The number of benzene rings is 2. The van der Waals surface area contributed by atoms with Crippen molar-refractivity contribution in [1.82, 2.24) is 9.55 Å². The fraction of sp³-hybridized carbons (Fsp3) is 0.240. The molecule has 32 heavy (non-hydrogen) atoms. The van der Waals surface area contributed by atoms with Gasteiger partial charge in [0, 0.05) is 10.6 Å². The summed E-state index contributed by atoms with van der Waals surface area (Å²) in [5, 5.41) is 4.10. The van der Waals surface area contributed by atoms with Gasteiger partial charge in [0.15, 0.2) is 5.16 Å². The number of rotatable bonds is 6. The molecule has 0 atom stereocenters. The van der Waals surface area contributed by atoms with Gasteiger partial charge in [0.1, 0.15) is 4.83 Å². The molecule has 0 saturated carbocycles. The summed E-state index contributed by atoms with van der Waals surface area (Å²) in [5.74, 6) is 0.0168. The van der Waals surface area contributed by atoms with Crippen LogP contribution >= 0.6 is 23.1 Å². The van der Waals surface area contributed by atoms with Crippen molar-refractivity contribution in [3.8, 4) is 5.69 Å². The fourth-order valence-electron chi connectivity index (χ4n) is 3.53. The molecule has 0 saturated heterocycles. The average Bonchev–Trinajstić information content (AvgIpc) is 3.10. The summed E-state index contributed by atoms with van der Waals surface area (Å²) in [6.45, 7) is 8.09. The lowest BCUT2D eigenvalue weighted by molar-refractivity contribution is -0.113. The molecule has 4 aromatic rings. The monoisotopic (exact) mass is 463 g/mol. The summed E-state index contributed by atoms with van der Waals surface area (Å²) < 4.78 is 1.63. The van der Waals surface area contributed by atoms with Crippen LogP contribution in [-0.2, 0) is 11.2 Å². The number of hydrogen-bond donors (Lipinski definition) is 1. The summed E-state index contributed by atoms with van der Waals surface area (Å²) in [6, 6.07) is 15.5. The predicted octanol–water partition coefficient (Wildman–Crippen LogP) is 5.67. The van der Waals surface area contributed by atoms with Crippen molar-refractivity contribution in [3.05, 3.63) is 80.5 Å². The van der Waals surface area contributed by atoms with Gasteiger partial charge in [-0.2, -0.15) is 0 Å². The zero-order chi connectivity index (χ0) is 22.8. The molecule has 0 radical (unpaired) electrons. The minimum Gasteiger partial charge on any atom is -0.325 e. The maximum atomic E-state index is 13.6. The van der Waals surface area contributed by atoms with E-state index in [0.717, 1.165) is 39.3 Å². The number of carbonyl (C=O) groups is 1. The van der Waals surface area contributed by atoms with E-state index in [0.29, 0.717) is 10.5 Å². The third kappa shape index (κ3) is 4.49. The van der Waals surface area contributed by atoms with Crippen molar-refractivity contribution >= 4 is 44.9 Å². The van der Waals surface area contributed by atoms with E-state index in [1.807, 2.05) is 69.3 Å². The number of hydrogen-bond acceptors (Lipinski definition) is 5. The first-order valence-corrected chi connectivity index (χ1v) is 12.3. The highest BCUT2D eigenvalue weighted by Gasteiger charge is 2.19. The minimum atomic E-state index is -0.139. The van der Waals surface area contributed by atoms with E-state index in [4.69, 9.17) is 4.98 Å². The summed E-state index contributed by atoms with van der Waals surface area (Å²) >= 11 is 2.83. The third-order valence-electron chi connectivity index (χ3n) is 5.31. The van der Waals surface area contributed by atoms with Crippen LogP contribution in [-0.4, -0.2) is 21.2 Å². The second kappa shape index (κ2) is 9.30. The molecule has 0 aliphatic heterocycles. The SMILES string of the molecule is CCc1sc2nc(SCC(=O)Nc3ccc(C)cc3)n(-c3ccc(C)cc3)c(=O)c2c1C. The Balaban J connectivity index is 1.71. The van der Waals surface area contributed by atoms with E-state index in [1.54, 1.807) is 15.9 Å². The lowest BCUT2D eigenvalue weighted by Gasteiger charge is -2.13.